The third-order valence-corrected chi connectivity index (χ3v) is 2.37. The Morgan fingerprint density at radius 1 is 1.31 bits per heavy atom. The van der Waals surface area contributed by atoms with E-state index in [0.29, 0.717) is 0 Å². The van der Waals surface area contributed by atoms with E-state index < -0.39 is 0 Å². The second-order valence-corrected chi connectivity index (χ2v) is 3.55. The van der Waals surface area contributed by atoms with Crippen LogP contribution in [-0.2, 0) is 4.74 Å². The van der Waals surface area contributed by atoms with E-state index in [1.165, 1.54) is 32.2 Å². The van der Waals surface area contributed by atoms with Gasteiger partial charge in [0.05, 0.1) is 0 Å². The Morgan fingerprint density at radius 3 is 2.77 bits per heavy atom. The van der Waals surface area contributed by atoms with Gasteiger partial charge in [-0.05, 0) is 32.2 Å². The van der Waals surface area contributed by atoms with Gasteiger partial charge >= 0.3 is 0 Å². The molecule has 1 aliphatic heterocycles. The molecular formula is C10H22ClNO. The molecule has 0 spiro atoms. The summed E-state index contributed by atoms with van der Waals surface area (Å²) in [6.45, 7) is 5.22. The number of hydrogen-bond acceptors (Lipinski definition) is 2. The Morgan fingerprint density at radius 2 is 2.15 bits per heavy atom. The first-order valence-electron chi connectivity index (χ1n) is 5.24. The summed E-state index contributed by atoms with van der Waals surface area (Å²) in [4.78, 5) is 0. The van der Waals surface area contributed by atoms with Crippen LogP contribution in [0.25, 0.3) is 0 Å². The van der Waals surface area contributed by atoms with Gasteiger partial charge in [0.2, 0.25) is 0 Å². The maximum atomic E-state index is 5.45. The first-order chi connectivity index (χ1) is 5.93. The molecule has 0 bridgehead atoms. The minimum absolute atomic E-state index is 0. The number of hydrogen-bond donors (Lipinski definition) is 1. The number of rotatable bonds is 5. The summed E-state index contributed by atoms with van der Waals surface area (Å²) in [6, 6.07) is 0.732. The summed E-state index contributed by atoms with van der Waals surface area (Å²) in [5.41, 5.74) is 0. The standard InChI is InChI=1S/C10H21NO.ClH/c1-2-8-12-9-6-10-5-3-4-7-11-10;/h10-11H,2-9H2,1H3;1H. The molecule has 13 heavy (non-hydrogen) atoms. The van der Waals surface area contributed by atoms with Crippen molar-refractivity contribution in [2.75, 3.05) is 19.8 Å². The number of ether oxygens (including phenoxy) is 1. The molecule has 1 aliphatic rings. The summed E-state index contributed by atoms with van der Waals surface area (Å²) in [6.07, 6.45) is 6.42. The maximum Gasteiger partial charge on any atom is 0.0480 e. The fourth-order valence-corrected chi connectivity index (χ4v) is 1.64. The summed E-state index contributed by atoms with van der Waals surface area (Å²) in [5, 5.41) is 3.52. The van der Waals surface area contributed by atoms with E-state index in [9.17, 15) is 0 Å². The molecule has 0 aromatic carbocycles. The van der Waals surface area contributed by atoms with Gasteiger partial charge in [-0.3, -0.25) is 0 Å². The van der Waals surface area contributed by atoms with Crippen LogP contribution in [0.3, 0.4) is 0 Å². The van der Waals surface area contributed by atoms with Gasteiger partial charge in [0, 0.05) is 19.3 Å². The minimum atomic E-state index is 0. The molecule has 1 unspecified atom stereocenters. The van der Waals surface area contributed by atoms with Crippen LogP contribution in [0.15, 0.2) is 0 Å². The van der Waals surface area contributed by atoms with Crippen LogP contribution < -0.4 is 5.32 Å². The van der Waals surface area contributed by atoms with Crippen molar-refractivity contribution in [2.45, 2.75) is 45.1 Å². The second kappa shape index (κ2) is 8.79. The molecule has 0 amide bonds. The van der Waals surface area contributed by atoms with E-state index in [-0.39, 0.29) is 12.4 Å². The number of piperidine rings is 1. The fraction of sp³-hybridized carbons (Fsp3) is 1.00. The molecule has 80 valence electrons. The average Bonchev–Trinajstić information content (AvgIpc) is 2.14. The van der Waals surface area contributed by atoms with Crippen LogP contribution >= 0.6 is 12.4 Å². The van der Waals surface area contributed by atoms with Crippen LogP contribution in [0.2, 0.25) is 0 Å². The second-order valence-electron chi connectivity index (χ2n) is 3.55. The normalized spacial score (nSPS) is 22.4. The molecule has 3 heteroatoms. The lowest BCUT2D eigenvalue weighted by atomic mass is 10.0. The average molecular weight is 208 g/mol. The van der Waals surface area contributed by atoms with Crippen molar-refractivity contribution in [3.63, 3.8) is 0 Å². The van der Waals surface area contributed by atoms with E-state index in [0.717, 1.165) is 25.7 Å². The molecule has 1 fully saturated rings. The van der Waals surface area contributed by atoms with E-state index in [2.05, 4.69) is 12.2 Å². The van der Waals surface area contributed by atoms with Gasteiger partial charge in [-0.15, -0.1) is 12.4 Å². The largest absolute Gasteiger partial charge is 0.381 e. The monoisotopic (exact) mass is 207 g/mol. The third-order valence-electron chi connectivity index (χ3n) is 2.37. The van der Waals surface area contributed by atoms with Crippen molar-refractivity contribution < 1.29 is 4.74 Å². The van der Waals surface area contributed by atoms with Crippen LogP contribution in [0, 0.1) is 0 Å². The van der Waals surface area contributed by atoms with E-state index in [1.54, 1.807) is 0 Å². The zero-order valence-electron chi connectivity index (χ0n) is 8.55. The molecule has 0 saturated carbocycles. The molecule has 1 heterocycles. The first-order valence-corrected chi connectivity index (χ1v) is 5.24. The molecule has 1 N–H and O–H groups in total. The Bertz CT molecular complexity index is 105. The van der Waals surface area contributed by atoms with E-state index >= 15 is 0 Å². The predicted molar refractivity (Wildman–Crippen MR) is 58.6 cm³/mol. The fourth-order valence-electron chi connectivity index (χ4n) is 1.64. The van der Waals surface area contributed by atoms with Crippen LogP contribution in [-0.4, -0.2) is 25.8 Å². The molecule has 2 nitrogen and oxygen atoms in total. The topological polar surface area (TPSA) is 21.3 Å². The molecule has 0 aromatic rings. The smallest absolute Gasteiger partial charge is 0.0480 e. The van der Waals surface area contributed by atoms with Crippen molar-refractivity contribution in [1.29, 1.82) is 0 Å². The highest BCUT2D eigenvalue weighted by molar-refractivity contribution is 5.85. The Kier molecular flexibility index (Phi) is 8.93. The molecule has 0 radical (unpaired) electrons. The van der Waals surface area contributed by atoms with Gasteiger partial charge in [0.25, 0.3) is 0 Å². The van der Waals surface area contributed by atoms with Gasteiger partial charge < -0.3 is 10.1 Å². The molecule has 1 atom stereocenters. The number of nitrogens with one attached hydrogen (secondary N) is 1. The first kappa shape index (κ1) is 13.2. The molecule has 1 rings (SSSR count). The molecule has 1 saturated heterocycles. The van der Waals surface area contributed by atoms with Gasteiger partial charge in [-0.2, -0.15) is 0 Å². The highest BCUT2D eigenvalue weighted by atomic mass is 35.5. The lowest BCUT2D eigenvalue weighted by Crippen LogP contribution is -2.34. The summed E-state index contributed by atoms with van der Waals surface area (Å²) in [7, 11) is 0. The summed E-state index contributed by atoms with van der Waals surface area (Å²) < 4.78 is 5.45. The third kappa shape index (κ3) is 6.30. The van der Waals surface area contributed by atoms with E-state index in [1.807, 2.05) is 0 Å². The summed E-state index contributed by atoms with van der Waals surface area (Å²) >= 11 is 0. The van der Waals surface area contributed by atoms with Gasteiger partial charge in [0.15, 0.2) is 0 Å². The van der Waals surface area contributed by atoms with Crippen molar-refractivity contribution in [3.05, 3.63) is 0 Å². The van der Waals surface area contributed by atoms with Crippen LogP contribution in [0.4, 0.5) is 0 Å². The SMILES string of the molecule is CCCOCCC1CCCCN1.Cl. The van der Waals surface area contributed by atoms with E-state index in [4.69, 9.17) is 4.74 Å². The predicted octanol–water partition coefficient (Wildman–Crippen LogP) is 2.37. The zero-order chi connectivity index (χ0) is 8.65. The minimum Gasteiger partial charge on any atom is -0.381 e. The van der Waals surface area contributed by atoms with Crippen molar-refractivity contribution in [2.24, 2.45) is 0 Å². The quantitative estimate of drug-likeness (QED) is 0.699. The highest BCUT2D eigenvalue weighted by Gasteiger charge is 2.11. The van der Waals surface area contributed by atoms with Crippen LogP contribution in [0.1, 0.15) is 39.0 Å². The molecular weight excluding hydrogens is 186 g/mol. The van der Waals surface area contributed by atoms with Crippen molar-refractivity contribution in [3.8, 4) is 0 Å². The van der Waals surface area contributed by atoms with Gasteiger partial charge in [-0.25, -0.2) is 0 Å². The Balaban J connectivity index is 0.00000144. The molecule has 0 aliphatic carbocycles. The van der Waals surface area contributed by atoms with Crippen LogP contribution in [0.5, 0.6) is 0 Å². The lowest BCUT2D eigenvalue weighted by molar-refractivity contribution is 0.121. The summed E-state index contributed by atoms with van der Waals surface area (Å²) in [5.74, 6) is 0. The Labute approximate surface area is 87.8 Å². The maximum absolute atomic E-state index is 5.45. The lowest BCUT2D eigenvalue weighted by Gasteiger charge is -2.23. The highest BCUT2D eigenvalue weighted by Crippen LogP contribution is 2.09. The Hall–Kier alpha value is 0.210. The molecule has 0 aromatic heterocycles. The van der Waals surface area contributed by atoms with Crippen molar-refractivity contribution in [1.82, 2.24) is 5.32 Å². The number of halogens is 1. The van der Waals surface area contributed by atoms with Crippen molar-refractivity contribution >= 4 is 12.4 Å². The van der Waals surface area contributed by atoms with Gasteiger partial charge in [-0.1, -0.05) is 13.3 Å². The zero-order valence-corrected chi connectivity index (χ0v) is 9.37. The van der Waals surface area contributed by atoms with Gasteiger partial charge in [0.1, 0.15) is 0 Å².